The highest BCUT2D eigenvalue weighted by molar-refractivity contribution is 7.87. The zero-order chi connectivity index (χ0) is 21.1. The van der Waals surface area contributed by atoms with E-state index in [9.17, 15) is 16.8 Å². The van der Waals surface area contributed by atoms with E-state index < -0.39 is 20.2 Å². The van der Waals surface area contributed by atoms with E-state index in [4.69, 9.17) is 8.37 Å². The van der Waals surface area contributed by atoms with Gasteiger partial charge in [-0.2, -0.15) is 16.8 Å². The van der Waals surface area contributed by atoms with Gasteiger partial charge in [0.25, 0.3) is 20.2 Å². The van der Waals surface area contributed by atoms with Crippen LogP contribution in [0.4, 0.5) is 0 Å². The summed E-state index contributed by atoms with van der Waals surface area (Å²) in [5.74, 6) is -0.239. The summed E-state index contributed by atoms with van der Waals surface area (Å²) >= 11 is 0. The Morgan fingerprint density at radius 3 is 1.38 bits per heavy atom. The lowest BCUT2D eigenvalue weighted by molar-refractivity contribution is 0.240. The first kappa shape index (κ1) is 21.7. The molecule has 0 spiro atoms. The number of benzene rings is 2. The average Bonchev–Trinajstić information content (AvgIpc) is 3.14. The van der Waals surface area contributed by atoms with E-state index in [1.165, 1.54) is 24.3 Å². The van der Waals surface area contributed by atoms with Crippen LogP contribution in [0.1, 0.15) is 17.5 Å². The fraction of sp³-hybridized carbons (Fsp3) is 0.333. The van der Waals surface area contributed by atoms with Gasteiger partial charge in [-0.1, -0.05) is 47.5 Å². The summed E-state index contributed by atoms with van der Waals surface area (Å²) in [4.78, 5) is 0.239. The van der Waals surface area contributed by atoms with E-state index >= 15 is 0 Å². The highest BCUT2D eigenvalue weighted by atomic mass is 32.2. The molecule has 0 fully saturated rings. The first-order valence-electron chi connectivity index (χ1n) is 9.26. The maximum absolute atomic E-state index is 12.3. The summed E-state index contributed by atoms with van der Waals surface area (Å²) in [6.07, 6.45) is 4.25. The van der Waals surface area contributed by atoms with Gasteiger partial charge in [0.05, 0.1) is 23.0 Å². The number of hydrogen-bond donors (Lipinski definition) is 0. The zero-order valence-electron chi connectivity index (χ0n) is 16.3. The average molecular weight is 437 g/mol. The third-order valence-corrected chi connectivity index (χ3v) is 7.35. The van der Waals surface area contributed by atoms with Gasteiger partial charge in [0.1, 0.15) is 0 Å². The van der Waals surface area contributed by atoms with Crippen LogP contribution in [-0.4, -0.2) is 30.0 Å². The molecule has 29 heavy (non-hydrogen) atoms. The molecule has 2 atom stereocenters. The van der Waals surface area contributed by atoms with Crippen molar-refractivity contribution in [1.82, 2.24) is 0 Å². The molecule has 156 valence electrons. The molecule has 0 amide bonds. The Labute approximate surface area is 172 Å². The lowest BCUT2D eigenvalue weighted by atomic mass is 10.1. The van der Waals surface area contributed by atoms with Crippen molar-refractivity contribution in [2.75, 3.05) is 13.2 Å². The minimum atomic E-state index is -3.82. The van der Waals surface area contributed by atoms with Gasteiger partial charge in [-0.05, 0) is 44.5 Å². The third kappa shape index (κ3) is 5.76. The van der Waals surface area contributed by atoms with E-state index in [1.54, 1.807) is 24.3 Å². The van der Waals surface area contributed by atoms with Gasteiger partial charge in [-0.3, -0.25) is 8.37 Å². The third-order valence-electron chi connectivity index (χ3n) is 4.75. The van der Waals surface area contributed by atoms with Crippen LogP contribution in [0.5, 0.6) is 0 Å². The molecule has 0 bridgehead atoms. The first-order chi connectivity index (χ1) is 13.7. The summed E-state index contributed by atoms with van der Waals surface area (Å²) in [5, 5.41) is 0. The molecule has 1 aliphatic carbocycles. The maximum atomic E-state index is 12.3. The van der Waals surface area contributed by atoms with Crippen molar-refractivity contribution >= 4 is 20.2 Å². The molecule has 0 heterocycles. The van der Waals surface area contributed by atoms with Crippen LogP contribution in [0.2, 0.25) is 0 Å². The quantitative estimate of drug-likeness (QED) is 0.464. The van der Waals surface area contributed by atoms with Crippen LogP contribution in [-0.2, 0) is 28.6 Å². The predicted octanol–water partition coefficient (Wildman–Crippen LogP) is 3.61. The minimum absolute atomic E-state index is 0.00786. The van der Waals surface area contributed by atoms with Gasteiger partial charge < -0.3 is 0 Å². The smallest absolute Gasteiger partial charge is 0.266 e. The van der Waals surface area contributed by atoms with Gasteiger partial charge in [0.2, 0.25) is 0 Å². The van der Waals surface area contributed by atoms with Crippen molar-refractivity contribution in [1.29, 1.82) is 0 Å². The van der Waals surface area contributed by atoms with Gasteiger partial charge in [0, 0.05) is 11.8 Å². The first-order valence-corrected chi connectivity index (χ1v) is 12.1. The molecule has 0 unspecified atom stereocenters. The highest BCUT2D eigenvalue weighted by Crippen LogP contribution is 2.27. The van der Waals surface area contributed by atoms with E-state index in [-0.39, 0.29) is 34.8 Å². The summed E-state index contributed by atoms with van der Waals surface area (Å²) in [6.45, 7) is 3.77. The predicted molar refractivity (Wildman–Crippen MR) is 109 cm³/mol. The van der Waals surface area contributed by atoms with E-state index in [0.717, 1.165) is 11.1 Å². The van der Waals surface area contributed by atoms with Crippen LogP contribution in [0.15, 0.2) is 70.5 Å². The van der Waals surface area contributed by atoms with Crippen LogP contribution in [0.3, 0.4) is 0 Å². The molecule has 3 rings (SSSR count). The molecular weight excluding hydrogens is 412 g/mol. The number of aryl methyl sites for hydroxylation is 2. The summed E-state index contributed by atoms with van der Waals surface area (Å²) in [5.41, 5.74) is 1.93. The summed E-state index contributed by atoms with van der Waals surface area (Å²) in [7, 11) is -7.64. The molecule has 6 nitrogen and oxygen atoms in total. The van der Waals surface area contributed by atoms with Gasteiger partial charge in [-0.25, -0.2) is 0 Å². The largest absolute Gasteiger partial charge is 0.296 e. The van der Waals surface area contributed by atoms with Crippen LogP contribution in [0.25, 0.3) is 0 Å². The van der Waals surface area contributed by atoms with Gasteiger partial charge in [0.15, 0.2) is 0 Å². The molecule has 0 radical (unpaired) electrons. The molecule has 0 N–H and O–H groups in total. The van der Waals surface area contributed by atoms with E-state index in [1.807, 2.05) is 26.0 Å². The Morgan fingerprint density at radius 2 is 1.03 bits per heavy atom. The number of rotatable bonds is 8. The van der Waals surface area contributed by atoms with Crippen LogP contribution < -0.4 is 0 Å². The molecule has 0 saturated heterocycles. The Kier molecular flexibility index (Phi) is 6.58. The molecule has 0 aliphatic heterocycles. The van der Waals surface area contributed by atoms with Crippen molar-refractivity contribution in [3.05, 3.63) is 71.8 Å². The summed E-state index contributed by atoms with van der Waals surface area (Å²) < 4.78 is 59.4. The standard InChI is InChI=1S/C21H24O6S2/c1-16-3-9-20(10-4-16)28(22,23)26-14-18-7-8-19(13-18)15-27-29(24,25)21-11-5-17(2)6-12-21/h3-12,18-19H,13-15H2,1-2H3/t18-,19-/m0/s1. The summed E-state index contributed by atoms with van der Waals surface area (Å²) in [6, 6.07) is 12.9. The lowest BCUT2D eigenvalue weighted by Crippen LogP contribution is -2.16. The fourth-order valence-electron chi connectivity index (χ4n) is 3.01. The molecule has 1 aliphatic rings. The lowest BCUT2D eigenvalue weighted by Gasteiger charge is -2.13. The van der Waals surface area contributed by atoms with Crippen LogP contribution >= 0.6 is 0 Å². The molecule has 0 aromatic heterocycles. The van der Waals surface area contributed by atoms with Gasteiger partial charge in [-0.15, -0.1) is 0 Å². The minimum Gasteiger partial charge on any atom is -0.266 e. The van der Waals surface area contributed by atoms with E-state index in [2.05, 4.69) is 0 Å². The Morgan fingerprint density at radius 1 is 0.690 bits per heavy atom. The Balaban J connectivity index is 1.50. The second-order valence-corrected chi connectivity index (χ2v) is 10.5. The molecule has 8 heteroatoms. The molecular formula is C21H24O6S2. The van der Waals surface area contributed by atoms with Crippen molar-refractivity contribution in [2.45, 2.75) is 30.1 Å². The normalized spacial score (nSPS) is 19.5. The topological polar surface area (TPSA) is 86.7 Å². The number of hydrogen-bond acceptors (Lipinski definition) is 6. The molecule has 2 aromatic rings. The second kappa shape index (κ2) is 8.79. The molecule has 2 aromatic carbocycles. The molecule has 0 saturated carbocycles. The van der Waals surface area contributed by atoms with E-state index in [0.29, 0.717) is 6.42 Å². The van der Waals surface area contributed by atoms with Gasteiger partial charge >= 0.3 is 0 Å². The maximum Gasteiger partial charge on any atom is 0.296 e. The monoisotopic (exact) mass is 436 g/mol. The SMILES string of the molecule is Cc1ccc(S(=O)(=O)OC[C@H]2C=C[C@H](COS(=O)(=O)c3ccc(C)cc3)C2)cc1. The zero-order valence-corrected chi connectivity index (χ0v) is 17.9. The highest BCUT2D eigenvalue weighted by Gasteiger charge is 2.25. The Bertz CT molecular complexity index is 981. The second-order valence-electron chi connectivity index (χ2n) is 7.24. The Hall–Kier alpha value is -2.00. The van der Waals surface area contributed by atoms with Crippen molar-refractivity contribution in [3.8, 4) is 0 Å². The fourth-order valence-corrected chi connectivity index (χ4v) is 4.93. The van der Waals surface area contributed by atoms with Crippen molar-refractivity contribution in [3.63, 3.8) is 0 Å². The van der Waals surface area contributed by atoms with Crippen LogP contribution in [0, 0.1) is 25.7 Å². The van der Waals surface area contributed by atoms with Crippen molar-refractivity contribution < 1.29 is 25.2 Å². The van der Waals surface area contributed by atoms with Crippen molar-refractivity contribution in [2.24, 2.45) is 11.8 Å².